The highest BCUT2D eigenvalue weighted by Gasteiger charge is 2.33. The van der Waals surface area contributed by atoms with Crippen LogP contribution in [0.5, 0.6) is 0 Å². The van der Waals surface area contributed by atoms with Crippen LogP contribution in [0.4, 0.5) is 17.3 Å². The lowest BCUT2D eigenvalue weighted by Gasteiger charge is -2.35. The molecule has 0 radical (unpaired) electrons. The Morgan fingerprint density at radius 3 is 2.71 bits per heavy atom. The van der Waals surface area contributed by atoms with Gasteiger partial charge in [-0.25, -0.2) is 4.98 Å². The average molecular weight is 468 g/mol. The molecule has 180 valence electrons. The lowest BCUT2D eigenvalue weighted by Crippen LogP contribution is -2.51. The number of methoxy groups -OCH3 is 2. The van der Waals surface area contributed by atoms with Gasteiger partial charge in [-0.15, -0.1) is 0 Å². The summed E-state index contributed by atoms with van der Waals surface area (Å²) in [6.07, 6.45) is 6.94. The van der Waals surface area contributed by atoms with Crippen LogP contribution in [0.15, 0.2) is 35.4 Å². The fraction of sp³-hybridized carbons (Fsp3) is 0.478. The third-order valence-electron chi connectivity index (χ3n) is 6.84. The van der Waals surface area contributed by atoms with E-state index in [0.717, 1.165) is 25.7 Å². The minimum absolute atomic E-state index is 0.0236. The molecule has 1 unspecified atom stereocenters. The standard InChI is InChI=1S/C23H29N7O4/c1-24-20-11-19(26-17-5-4-8-29(23(17)32)13-9-14(10-13)33-2)28-21-15(12-25-30(20)21)22(31)27-16-6-7-18(16)34-3/h4-5,8,11-14,16,18,24H,6-7,9-10H2,1-3H3,(H,26,28)(H,27,31)/t13?,14?,16?,18-/m0/s1. The Kier molecular flexibility index (Phi) is 5.96. The normalized spacial score (nSPS) is 23.7. The van der Waals surface area contributed by atoms with E-state index in [1.807, 2.05) is 6.07 Å². The van der Waals surface area contributed by atoms with Gasteiger partial charge in [0.05, 0.1) is 24.4 Å². The Labute approximate surface area is 196 Å². The topological polar surface area (TPSA) is 124 Å². The predicted molar refractivity (Wildman–Crippen MR) is 127 cm³/mol. The van der Waals surface area contributed by atoms with Gasteiger partial charge in [0.25, 0.3) is 11.5 Å². The van der Waals surface area contributed by atoms with E-state index < -0.39 is 0 Å². The Morgan fingerprint density at radius 1 is 1.21 bits per heavy atom. The van der Waals surface area contributed by atoms with Crippen molar-refractivity contribution in [2.24, 2.45) is 0 Å². The molecule has 11 heteroatoms. The molecule has 3 aromatic rings. The number of hydrogen-bond acceptors (Lipinski definition) is 8. The minimum atomic E-state index is -0.256. The molecule has 2 atom stereocenters. The van der Waals surface area contributed by atoms with Crippen LogP contribution in [0.2, 0.25) is 0 Å². The first kappa shape index (κ1) is 22.4. The number of aromatic nitrogens is 4. The molecule has 0 bridgehead atoms. The zero-order chi connectivity index (χ0) is 23.8. The van der Waals surface area contributed by atoms with Gasteiger partial charge in [0, 0.05) is 39.6 Å². The van der Waals surface area contributed by atoms with Crippen LogP contribution < -0.4 is 21.5 Å². The fourth-order valence-electron chi connectivity index (χ4n) is 4.52. The maximum Gasteiger partial charge on any atom is 0.274 e. The van der Waals surface area contributed by atoms with Crippen LogP contribution in [-0.2, 0) is 9.47 Å². The quantitative estimate of drug-likeness (QED) is 0.459. The van der Waals surface area contributed by atoms with Gasteiger partial charge in [0.15, 0.2) is 5.65 Å². The third-order valence-corrected chi connectivity index (χ3v) is 6.84. The van der Waals surface area contributed by atoms with Crippen molar-refractivity contribution in [3.05, 3.63) is 46.5 Å². The molecule has 5 rings (SSSR count). The molecule has 0 saturated heterocycles. The van der Waals surface area contributed by atoms with E-state index >= 15 is 0 Å². The number of fused-ring (bicyclic) bond motifs is 1. The smallest absolute Gasteiger partial charge is 0.274 e. The summed E-state index contributed by atoms with van der Waals surface area (Å²) in [4.78, 5) is 30.7. The SMILES string of the molecule is CNc1cc(Nc2cccn(C3CC(OC)C3)c2=O)nc2c(C(=O)NC3CC[C@@H]3OC)cnn12. The van der Waals surface area contributed by atoms with Crippen molar-refractivity contribution < 1.29 is 14.3 Å². The molecular formula is C23H29N7O4. The maximum absolute atomic E-state index is 13.1. The van der Waals surface area contributed by atoms with Crippen LogP contribution >= 0.6 is 0 Å². The van der Waals surface area contributed by atoms with Crippen LogP contribution in [0.1, 0.15) is 42.1 Å². The molecule has 0 spiro atoms. The third kappa shape index (κ3) is 3.90. The number of anilines is 3. The van der Waals surface area contributed by atoms with Crippen molar-refractivity contribution >= 4 is 28.9 Å². The molecule has 3 heterocycles. The summed E-state index contributed by atoms with van der Waals surface area (Å²) in [5.74, 6) is 0.805. The number of nitrogens with zero attached hydrogens (tertiary/aromatic N) is 4. The Balaban J connectivity index is 1.43. The first-order valence-corrected chi connectivity index (χ1v) is 11.4. The number of amides is 1. The summed E-state index contributed by atoms with van der Waals surface area (Å²) in [6, 6.07) is 5.40. The van der Waals surface area contributed by atoms with E-state index in [1.54, 1.807) is 48.7 Å². The zero-order valence-corrected chi connectivity index (χ0v) is 19.4. The van der Waals surface area contributed by atoms with E-state index in [-0.39, 0.29) is 35.8 Å². The monoisotopic (exact) mass is 467 g/mol. The molecule has 2 aliphatic carbocycles. The number of ether oxygens (including phenoxy) is 2. The molecule has 2 aliphatic rings. The summed E-state index contributed by atoms with van der Waals surface area (Å²) >= 11 is 0. The van der Waals surface area contributed by atoms with E-state index in [1.165, 1.54) is 6.20 Å². The second kappa shape index (κ2) is 9.07. The molecule has 0 aliphatic heterocycles. The van der Waals surface area contributed by atoms with Crippen LogP contribution in [0.25, 0.3) is 5.65 Å². The second-order valence-corrected chi connectivity index (χ2v) is 8.74. The molecule has 2 saturated carbocycles. The lowest BCUT2D eigenvalue weighted by atomic mass is 9.89. The van der Waals surface area contributed by atoms with E-state index in [4.69, 9.17) is 9.47 Å². The average Bonchev–Trinajstić information content (AvgIpc) is 3.22. The summed E-state index contributed by atoms with van der Waals surface area (Å²) < 4.78 is 14.0. The number of carbonyl (C=O) groups excluding carboxylic acids is 1. The Hall–Kier alpha value is -3.44. The number of pyridine rings is 1. The van der Waals surface area contributed by atoms with Gasteiger partial charge < -0.3 is 30.0 Å². The van der Waals surface area contributed by atoms with Crippen molar-refractivity contribution in [3.8, 4) is 0 Å². The predicted octanol–water partition coefficient (Wildman–Crippen LogP) is 1.93. The summed E-state index contributed by atoms with van der Waals surface area (Å²) in [7, 11) is 5.10. The van der Waals surface area contributed by atoms with E-state index in [9.17, 15) is 9.59 Å². The van der Waals surface area contributed by atoms with Crippen LogP contribution in [0, 0.1) is 0 Å². The molecule has 34 heavy (non-hydrogen) atoms. The maximum atomic E-state index is 13.1. The van der Waals surface area contributed by atoms with Crippen LogP contribution in [0.3, 0.4) is 0 Å². The van der Waals surface area contributed by atoms with Gasteiger partial charge in [-0.2, -0.15) is 9.61 Å². The van der Waals surface area contributed by atoms with Gasteiger partial charge >= 0.3 is 0 Å². The van der Waals surface area contributed by atoms with Crippen molar-refractivity contribution in [2.75, 3.05) is 31.9 Å². The Bertz CT molecular complexity index is 1260. The highest BCUT2D eigenvalue weighted by Crippen LogP contribution is 2.33. The second-order valence-electron chi connectivity index (χ2n) is 8.74. The minimum Gasteiger partial charge on any atom is -0.381 e. The van der Waals surface area contributed by atoms with E-state index in [2.05, 4.69) is 26.0 Å². The highest BCUT2D eigenvalue weighted by atomic mass is 16.5. The van der Waals surface area contributed by atoms with Crippen molar-refractivity contribution in [3.63, 3.8) is 0 Å². The lowest BCUT2D eigenvalue weighted by molar-refractivity contribution is 0.00522. The Morgan fingerprint density at radius 2 is 2.03 bits per heavy atom. The number of hydrogen-bond donors (Lipinski definition) is 3. The zero-order valence-electron chi connectivity index (χ0n) is 19.4. The molecule has 3 N–H and O–H groups in total. The van der Waals surface area contributed by atoms with Gasteiger partial charge in [0.2, 0.25) is 0 Å². The number of nitrogens with one attached hydrogen (secondary N) is 3. The van der Waals surface area contributed by atoms with Gasteiger partial charge in [0.1, 0.15) is 22.9 Å². The number of rotatable bonds is 8. The van der Waals surface area contributed by atoms with Gasteiger partial charge in [-0.05, 0) is 37.8 Å². The number of carbonyl (C=O) groups is 1. The fourth-order valence-corrected chi connectivity index (χ4v) is 4.52. The first-order valence-electron chi connectivity index (χ1n) is 11.4. The molecular weight excluding hydrogens is 438 g/mol. The van der Waals surface area contributed by atoms with E-state index in [0.29, 0.717) is 28.5 Å². The highest BCUT2D eigenvalue weighted by molar-refractivity contribution is 6.00. The van der Waals surface area contributed by atoms with Crippen molar-refractivity contribution in [2.45, 2.75) is 50.0 Å². The first-order chi connectivity index (χ1) is 16.5. The molecule has 3 aromatic heterocycles. The molecule has 2 fully saturated rings. The summed E-state index contributed by atoms with van der Waals surface area (Å²) in [5.41, 5.74) is 1.02. The van der Waals surface area contributed by atoms with Gasteiger partial charge in [-0.3, -0.25) is 9.59 Å². The molecule has 11 nitrogen and oxygen atoms in total. The van der Waals surface area contributed by atoms with Gasteiger partial charge in [-0.1, -0.05) is 0 Å². The molecule has 0 aromatic carbocycles. The summed E-state index contributed by atoms with van der Waals surface area (Å²) in [6.45, 7) is 0. The largest absolute Gasteiger partial charge is 0.381 e. The van der Waals surface area contributed by atoms with Crippen molar-refractivity contribution in [1.82, 2.24) is 24.5 Å². The molecule has 1 amide bonds. The van der Waals surface area contributed by atoms with Crippen molar-refractivity contribution in [1.29, 1.82) is 0 Å². The summed E-state index contributed by atoms with van der Waals surface area (Å²) in [5, 5.41) is 13.5. The van der Waals surface area contributed by atoms with Crippen LogP contribution in [-0.4, -0.2) is 64.6 Å².